The highest BCUT2D eigenvalue weighted by molar-refractivity contribution is 5.58. The van der Waals surface area contributed by atoms with E-state index >= 15 is 0 Å². The van der Waals surface area contributed by atoms with Gasteiger partial charge in [0.2, 0.25) is 0 Å². The number of rotatable bonds is 11. The first-order valence-corrected chi connectivity index (χ1v) is 10.3. The van der Waals surface area contributed by atoms with Crippen molar-refractivity contribution in [2.75, 3.05) is 71.7 Å². The zero-order valence-electron chi connectivity index (χ0n) is 17.8. The molecule has 3 rings (SSSR count). The third kappa shape index (κ3) is 6.52. The summed E-state index contributed by atoms with van der Waals surface area (Å²) in [6, 6.07) is 15.6. The van der Waals surface area contributed by atoms with Gasteiger partial charge in [-0.1, -0.05) is 18.2 Å². The molecule has 0 unspecified atom stereocenters. The molecule has 0 aromatic heterocycles. The summed E-state index contributed by atoms with van der Waals surface area (Å²) in [4.78, 5) is 4.60. The van der Waals surface area contributed by atoms with E-state index in [1.807, 2.05) is 42.5 Å². The number of anilines is 1. The molecule has 0 spiro atoms. The lowest BCUT2D eigenvalue weighted by molar-refractivity contribution is 0.00716. The van der Waals surface area contributed by atoms with Crippen LogP contribution in [0, 0.1) is 0 Å². The predicted octanol–water partition coefficient (Wildman–Crippen LogP) is 2.28. The molecule has 0 bridgehead atoms. The van der Waals surface area contributed by atoms with Crippen LogP contribution in [0.4, 0.5) is 5.69 Å². The zero-order chi connectivity index (χ0) is 21.2. The molecule has 0 amide bonds. The van der Waals surface area contributed by atoms with Gasteiger partial charge in [0.15, 0.2) is 0 Å². The van der Waals surface area contributed by atoms with E-state index in [0.717, 1.165) is 49.1 Å². The van der Waals surface area contributed by atoms with Crippen molar-refractivity contribution >= 4 is 5.69 Å². The molecule has 7 nitrogen and oxygen atoms in total. The van der Waals surface area contributed by atoms with E-state index in [2.05, 4.69) is 15.9 Å². The first-order valence-electron chi connectivity index (χ1n) is 10.3. The van der Waals surface area contributed by atoms with Crippen molar-refractivity contribution in [1.29, 1.82) is 0 Å². The van der Waals surface area contributed by atoms with Gasteiger partial charge in [-0.3, -0.25) is 4.90 Å². The molecule has 1 atom stereocenters. The number of aliphatic hydroxyl groups excluding tert-OH is 1. The van der Waals surface area contributed by atoms with Gasteiger partial charge < -0.3 is 29.0 Å². The number of methoxy groups -OCH3 is 2. The average Bonchev–Trinajstić information content (AvgIpc) is 2.79. The van der Waals surface area contributed by atoms with Gasteiger partial charge in [-0.2, -0.15) is 0 Å². The molecule has 2 aromatic rings. The Balaban J connectivity index is 1.31. The lowest BCUT2D eigenvalue weighted by Crippen LogP contribution is -2.49. The summed E-state index contributed by atoms with van der Waals surface area (Å²) >= 11 is 0. The minimum Gasteiger partial charge on any atom is -0.497 e. The van der Waals surface area contributed by atoms with Crippen molar-refractivity contribution in [3.05, 3.63) is 48.5 Å². The molecule has 7 heteroatoms. The minimum absolute atomic E-state index is 0.300. The topological polar surface area (TPSA) is 63.6 Å². The van der Waals surface area contributed by atoms with Crippen LogP contribution in [0.3, 0.4) is 0 Å². The molecular formula is C23H32N2O5. The summed E-state index contributed by atoms with van der Waals surface area (Å²) in [7, 11) is 3.33. The number of hydrogen-bond acceptors (Lipinski definition) is 7. The number of ether oxygens (including phenoxy) is 4. The molecule has 1 aliphatic rings. The maximum Gasteiger partial charge on any atom is 0.142 e. The van der Waals surface area contributed by atoms with Gasteiger partial charge >= 0.3 is 0 Å². The molecule has 1 aliphatic heterocycles. The molecule has 1 saturated heterocycles. The fraction of sp³-hybridized carbons (Fsp3) is 0.478. The van der Waals surface area contributed by atoms with Gasteiger partial charge in [0, 0.05) is 38.8 Å². The molecule has 0 saturated carbocycles. The first-order chi connectivity index (χ1) is 14.7. The van der Waals surface area contributed by atoms with Crippen LogP contribution in [0.5, 0.6) is 17.2 Å². The fourth-order valence-electron chi connectivity index (χ4n) is 3.54. The van der Waals surface area contributed by atoms with E-state index in [0.29, 0.717) is 26.4 Å². The van der Waals surface area contributed by atoms with Crippen LogP contribution in [0.25, 0.3) is 0 Å². The molecule has 0 radical (unpaired) electrons. The van der Waals surface area contributed by atoms with E-state index in [9.17, 15) is 5.11 Å². The summed E-state index contributed by atoms with van der Waals surface area (Å²) in [5, 5.41) is 10.3. The van der Waals surface area contributed by atoms with Crippen LogP contribution in [-0.2, 0) is 4.74 Å². The van der Waals surface area contributed by atoms with E-state index in [-0.39, 0.29) is 0 Å². The quantitative estimate of drug-likeness (QED) is 0.564. The number of benzene rings is 2. The molecule has 0 aliphatic carbocycles. The van der Waals surface area contributed by atoms with Gasteiger partial charge in [0.1, 0.15) is 23.9 Å². The summed E-state index contributed by atoms with van der Waals surface area (Å²) < 4.78 is 21.9. The second kappa shape index (κ2) is 11.6. The van der Waals surface area contributed by atoms with Crippen LogP contribution in [-0.4, -0.2) is 82.9 Å². The van der Waals surface area contributed by atoms with Crippen molar-refractivity contribution in [1.82, 2.24) is 4.90 Å². The normalized spacial score (nSPS) is 15.6. The number of β-amino-alcohol motifs (C(OH)–C–C–N with tert-alkyl or cyclic N) is 1. The van der Waals surface area contributed by atoms with Gasteiger partial charge in [-0.15, -0.1) is 0 Å². The first kappa shape index (κ1) is 22.2. The second-order valence-corrected chi connectivity index (χ2v) is 7.22. The van der Waals surface area contributed by atoms with Crippen molar-refractivity contribution < 1.29 is 24.1 Å². The maximum atomic E-state index is 10.3. The van der Waals surface area contributed by atoms with Gasteiger partial charge in [-0.05, 0) is 24.3 Å². The highest BCUT2D eigenvalue weighted by Gasteiger charge is 2.21. The smallest absolute Gasteiger partial charge is 0.142 e. The third-order valence-corrected chi connectivity index (χ3v) is 5.11. The number of piperazine rings is 1. The molecule has 164 valence electrons. The molecule has 1 heterocycles. The van der Waals surface area contributed by atoms with Crippen molar-refractivity contribution in [2.24, 2.45) is 0 Å². The maximum absolute atomic E-state index is 10.3. The predicted molar refractivity (Wildman–Crippen MR) is 117 cm³/mol. The minimum atomic E-state index is -0.514. The highest BCUT2D eigenvalue weighted by atomic mass is 16.5. The number of hydrogen-bond donors (Lipinski definition) is 1. The van der Waals surface area contributed by atoms with Crippen LogP contribution < -0.4 is 19.1 Å². The van der Waals surface area contributed by atoms with Crippen LogP contribution >= 0.6 is 0 Å². The van der Waals surface area contributed by atoms with Crippen molar-refractivity contribution in [3.8, 4) is 17.2 Å². The molecule has 30 heavy (non-hydrogen) atoms. The third-order valence-electron chi connectivity index (χ3n) is 5.11. The Hall–Kier alpha value is -2.48. The average molecular weight is 417 g/mol. The van der Waals surface area contributed by atoms with E-state index in [4.69, 9.17) is 18.9 Å². The summed E-state index contributed by atoms with van der Waals surface area (Å²) in [5.74, 6) is 2.40. The van der Waals surface area contributed by atoms with E-state index < -0.39 is 6.10 Å². The van der Waals surface area contributed by atoms with Crippen molar-refractivity contribution in [3.63, 3.8) is 0 Å². The fourth-order valence-corrected chi connectivity index (χ4v) is 3.54. The Labute approximate surface area is 178 Å². The Morgan fingerprint density at radius 2 is 1.67 bits per heavy atom. The van der Waals surface area contributed by atoms with Gasteiger partial charge in [0.25, 0.3) is 0 Å². The van der Waals surface area contributed by atoms with Gasteiger partial charge in [0.05, 0.1) is 39.2 Å². The Bertz CT molecular complexity index is 765. The van der Waals surface area contributed by atoms with Crippen LogP contribution in [0.15, 0.2) is 48.5 Å². The highest BCUT2D eigenvalue weighted by Crippen LogP contribution is 2.28. The largest absolute Gasteiger partial charge is 0.497 e. The molecular weight excluding hydrogens is 384 g/mol. The zero-order valence-corrected chi connectivity index (χ0v) is 17.8. The van der Waals surface area contributed by atoms with Gasteiger partial charge in [-0.25, -0.2) is 0 Å². The summed E-state index contributed by atoms with van der Waals surface area (Å²) in [5.41, 5.74) is 1.12. The van der Waals surface area contributed by atoms with Crippen molar-refractivity contribution in [2.45, 2.75) is 6.10 Å². The number of nitrogens with zero attached hydrogens (tertiary/aromatic N) is 2. The van der Waals surface area contributed by atoms with E-state index in [1.165, 1.54) is 0 Å². The van der Waals surface area contributed by atoms with Crippen LogP contribution in [0.1, 0.15) is 0 Å². The Morgan fingerprint density at radius 3 is 2.43 bits per heavy atom. The number of para-hydroxylation sites is 2. The standard InChI is InChI=1S/C23H32N2O5/c1-27-20-6-5-7-21(16-20)30-15-14-29-18-19(26)17-24-10-12-25(13-11-24)22-8-3-4-9-23(22)28-2/h3-9,16,19,26H,10-15,17-18H2,1-2H3/t19-/m0/s1. The molecule has 1 fully saturated rings. The van der Waals surface area contributed by atoms with Crippen LogP contribution in [0.2, 0.25) is 0 Å². The second-order valence-electron chi connectivity index (χ2n) is 7.22. The summed E-state index contributed by atoms with van der Waals surface area (Å²) in [6.45, 7) is 5.37. The summed E-state index contributed by atoms with van der Waals surface area (Å²) in [6.07, 6.45) is -0.514. The van der Waals surface area contributed by atoms with E-state index in [1.54, 1.807) is 14.2 Å². The monoisotopic (exact) mass is 416 g/mol. The molecule has 1 N–H and O–H groups in total. The lowest BCUT2D eigenvalue weighted by atomic mass is 10.2. The lowest BCUT2D eigenvalue weighted by Gasteiger charge is -2.37. The Kier molecular flexibility index (Phi) is 8.62. The Morgan fingerprint density at radius 1 is 0.900 bits per heavy atom. The molecule has 2 aromatic carbocycles. The SMILES string of the molecule is COc1cccc(OCCOC[C@@H](O)CN2CCN(c3ccccc3OC)CC2)c1. The number of aliphatic hydroxyl groups is 1.